The third-order valence-electron chi connectivity index (χ3n) is 2.48. The summed E-state index contributed by atoms with van der Waals surface area (Å²) in [5.41, 5.74) is 2.50. The van der Waals surface area contributed by atoms with Crippen LogP contribution in [0.4, 0.5) is 10.1 Å². The van der Waals surface area contributed by atoms with Gasteiger partial charge in [-0.2, -0.15) is 5.10 Å². The average molecular weight is 219 g/mol. The summed E-state index contributed by atoms with van der Waals surface area (Å²) < 4.78 is 13.5. The second-order valence-electron chi connectivity index (χ2n) is 3.60. The molecule has 1 heterocycles. The number of aromatic amines is 1. The molecule has 3 nitrogen and oxygen atoms in total. The van der Waals surface area contributed by atoms with Crippen LogP contribution < -0.4 is 5.32 Å². The Morgan fingerprint density at radius 3 is 2.88 bits per heavy atom. The van der Waals surface area contributed by atoms with Crippen LogP contribution in [0.5, 0.6) is 0 Å². The molecule has 2 aromatic rings. The van der Waals surface area contributed by atoms with Crippen molar-refractivity contribution in [2.75, 3.05) is 5.32 Å². The van der Waals surface area contributed by atoms with E-state index < -0.39 is 0 Å². The number of benzene rings is 1. The van der Waals surface area contributed by atoms with Gasteiger partial charge in [0, 0.05) is 11.9 Å². The summed E-state index contributed by atoms with van der Waals surface area (Å²) in [7, 11) is 0. The number of nitrogens with one attached hydrogen (secondary N) is 2. The lowest BCUT2D eigenvalue weighted by molar-refractivity contribution is 0.612. The highest BCUT2D eigenvalue weighted by Crippen LogP contribution is 2.15. The van der Waals surface area contributed by atoms with Gasteiger partial charge in [0.1, 0.15) is 5.82 Å². The largest absolute Gasteiger partial charge is 0.379 e. The molecule has 0 saturated heterocycles. The molecule has 1 aromatic heterocycles. The van der Waals surface area contributed by atoms with E-state index >= 15 is 0 Å². The molecule has 0 saturated carbocycles. The minimum absolute atomic E-state index is 0.155. The van der Waals surface area contributed by atoms with Crippen LogP contribution in [0.25, 0.3) is 0 Å². The Labute approximate surface area is 93.7 Å². The van der Waals surface area contributed by atoms with E-state index in [1.807, 2.05) is 25.1 Å². The highest BCUT2D eigenvalue weighted by molar-refractivity contribution is 5.45. The lowest BCUT2D eigenvalue weighted by Gasteiger charge is -2.06. The van der Waals surface area contributed by atoms with E-state index in [1.165, 1.54) is 6.07 Å². The van der Waals surface area contributed by atoms with Gasteiger partial charge < -0.3 is 5.32 Å². The number of rotatable bonds is 4. The molecule has 0 aliphatic rings. The molecule has 0 aliphatic heterocycles. The first-order valence-electron chi connectivity index (χ1n) is 5.30. The Morgan fingerprint density at radius 2 is 2.25 bits per heavy atom. The summed E-state index contributed by atoms with van der Waals surface area (Å²) in [6, 6.07) is 7.10. The third-order valence-corrected chi connectivity index (χ3v) is 2.48. The van der Waals surface area contributed by atoms with Crippen LogP contribution in [0.2, 0.25) is 0 Å². The number of aromatic nitrogens is 2. The van der Waals surface area contributed by atoms with Crippen LogP contribution >= 0.6 is 0 Å². The molecule has 2 rings (SSSR count). The minimum atomic E-state index is -0.155. The van der Waals surface area contributed by atoms with Crippen molar-refractivity contribution in [3.63, 3.8) is 0 Å². The normalized spacial score (nSPS) is 10.4. The molecule has 16 heavy (non-hydrogen) atoms. The first kappa shape index (κ1) is 10.7. The number of hydrogen-bond donors (Lipinski definition) is 2. The molecular weight excluding hydrogens is 205 g/mol. The van der Waals surface area contributed by atoms with Gasteiger partial charge in [0.15, 0.2) is 0 Å². The lowest BCUT2D eigenvalue weighted by Crippen LogP contribution is -2.00. The Kier molecular flexibility index (Phi) is 3.19. The topological polar surface area (TPSA) is 40.7 Å². The summed E-state index contributed by atoms with van der Waals surface area (Å²) in [6.07, 6.45) is 2.41. The van der Waals surface area contributed by atoms with Crippen LogP contribution in [0.3, 0.4) is 0 Å². The molecule has 0 atom stereocenters. The number of nitrogens with zero attached hydrogens (tertiary/aromatic N) is 1. The fourth-order valence-corrected chi connectivity index (χ4v) is 1.52. The van der Waals surface area contributed by atoms with Crippen LogP contribution in [0, 0.1) is 5.82 Å². The second kappa shape index (κ2) is 4.79. The van der Waals surface area contributed by atoms with Crippen molar-refractivity contribution in [2.24, 2.45) is 0 Å². The molecule has 0 fully saturated rings. The van der Waals surface area contributed by atoms with E-state index in [2.05, 4.69) is 15.5 Å². The Morgan fingerprint density at radius 1 is 1.38 bits per heavy atom. The molecule has 0 aliphatic carbocycles. The average Bonchev–Trinajstić information content (AvgIpc) is 2.79. The van der Waals surface area contributed by atoms with E-state index in [-0.39, 0.29) is 5.82 Å². The Hall–Kier alpha value is -1.84. The van der Waals surface area contributed by atoms with Gasteiger partial charge in [0.2, 0.25) is 0 Å². The summed E-state index contributed by atoms with van der Waals surface area (Å²) in [5.74, 6) is -0.155. The first-order chi connectivity index (χ1) is 7.79. The van der Waals surface area contributed by atoms with Crippen molar-refractivity contribution in [1.82, 2.24) is 10.2 Å². The van der Waals surface area contributed by atoms with E-state index in [9.17, 15) is 4.39 Å². The van der Waals surface area contributed by atoms with Crippen LogP contribution in [-0.4, -0.2) is 10.2 Å². The smallest absolute Gasteiger partial charge is 0.128 e. The maximum atomic E-state index is 13.5. The van der Waals surface area contributed by atoms with Gasteiger partial charge in [-0.05, 0) is 30.2 Å². The predicted molar refractivity (Wildman–Crippen MR) is 61.7 cm³/mol. The first-order valence-corrected chi connectivity index (χ1v) is 5.30. The molecule has 0 bridgehead atoms. The van der Waals surface area contributed by atoms with E-state index in [0.29, 0.717) is 13.0 Å². The summed E-state index contributed by atoms with van der Waals surface area (Å²) in [5, 5.41) is 9.81. The van der Waals surface area contributed by atoms with Crippen LogP contribution in [0.15, 0.2) is 30.5 Å². The van der Waals surface area contributed by atoms with Gasteiger partial charge in [0.05, 0.1) is 12.2 Å². The highest BCUT2D eigenvalue weighted by atomic mass is 19.1. The van der Waals surface area contributed by atoms with Crippen molar-refractivity contribution in [2.45, 2.75) is 19.9 Å². The zero-order chi connectivity index (χ0) is 11.4. The van der Waals surface area contributed by atoms with Gasteiger partial charge in [-0.3, -0.25) is 5.10 Å². The summed E-state index contributed by atoms with van der Waals surface area (Å²) in [6.45, 7) is 2.56. The van der Waals surface area contributed by atoms with E-state index in [4.69, 9.17) is 0 Å². The number of halogens is 1. The highest BCUT2D eigenvalue weighted by Gasteiger charge is 2.01. The van der Waals surface area contributed by atoms with Crippen molar-refractivity contribution in [3.8, 4) is 0 Å². The maximum Gasteiger partial charge on any atom is 0.128 e. The number of aryl methyl sites for hydroxylation is 1. The molecule has 0 spiro atoms. The van der Waals surface area contributed by atoms with Gasteiger partial charge in [0.25, 0.3) is 0 Å². The van der Waals surface area contributed by atoms with Crippen molar-refractivity contribution < 1.29 is 4.39 Å². The van der Waals surface area contributed by atoms with E-state index in [1.54, 1.807) is 6.20 Å². The van der Waals surface area contributed by atoms with Crippen LogP contribution in [-0.2, 0) is 13.0 Å². The Bertz CT molecular complexity index is 451. The van der Waals surface area contributed by atoms with Crippen molar-refractivity contribution in [3.05, 3.63) is 47.5 Å². The van der Waals surface area contributed by atoms with Crippen molar-refractivity contribution in [1.29, 1.82) is 0 Å². The molecule has 1 aromatic carbocycles. The molecule has 0 amide bonds. The molecule has 0 radical (unpaired) electrons. The fourth-order valence-electron chi connectivity index (χ4n) is 1.52. The monoisotopic (exact) mass is 219 g/mol. The molecular formula is C12H14FN3. The maximum absolute atomic E-state index is 13.5. The van der Waals surface area contributed by atoms with Gasteiger partial charge >= 0.3 is 0 Å². The number of hydrogen-bond acceptors (Lipinski definition) is 2. The summed E-state index contributed by atoms with van der Waals surface area (Å²) in [4.78, 5) is 0. The third kappa shape index (κ3) is 2.39. The fraction of sp³-hybridized carbons (Fsp3) is 0.250. The van der Waals surface area contributed by atoms with Gasteiger partial charge in [-0.25, -0.2) is 4.39 Å². The molecule has 2 N–H and O–H groups in total. The standard InChI is InChI=1S/C12H14FN3/c1-2-9-3-4-10(7-12(9)13)14-8-11-5-6-15-16-11/h3-7,14H,2,8H2,1H3,(H,15,16). The SMILES string of the molecule is CCc1ccc(NCc2ccn[nH]2)cc1F. The van der Waals surface area contributed by atoms with E-state index in [0.717, 1.165) is 16.9 Å². The molecule has 4 heteroatoms. The van der Waals surface area contributed by atoms with Crippen LogP contribution in [0.1, 0.15) is 18.2 Å². The zero-order valence-corrected chi connectivity index (χ0v) is 9.13. The molecule has 0 unspecified atom stereocenters. The minimum Gasteiger partial charge on any atom is -0.379 e. The quantitative estimate of drug-likeness (QED) is 0.830. The number of H-pyrrole nitrogens is 1. The van der Waals surface area contributed by atoms with Crippen molar-refractivity contribution >= 4 is 5.69 Å². The number of anilines is 1. The van der Waals surface area contributed by atoms with Gasteiger partial charge in [-0.15, -0.1) is 0 Å². The lowest BCUT2D eigenvalue weighted by atomic mass is 10.1. The zero-order valence-electron chi connectivity index (χ0n) is 9.13. The second-order valence-corrected chi connectivity index (χ2v) is 3.60. The molecule has 84 valence electrons. The predicted octanol–water partition coefficient (Wildman–Crippen LogP) is 2.72. The van der Waals surface area contributed by atoms with Gasteiger partial charge in [-0.1, -0.05) is 13.0 Å². The Balaban J connectivity index is 2.02. The summed E-state index contributed by atoms with van der Waals surface area (Å²) >= 11 is 0.